The van der Waals surface area contributed by atoms with Crippen molar-refractivity contribution in [2.45, 2.75) is 19.9 Å². The third kappa shape index (κ3) is 4.79. The van der Waals surface area contributed by atoms with Gasteiger partial charge in [-0.15, -0.1) is 0 Å². The zero-order valence-corrected chi connectivity index (χ0v) is 13.2. The van der Waals surface area contributed by atoms with Gasteiger partial charge in [0.1, 0.15) is 11.6 Å². The fraction of sp³-hybridized carbons (Fsp3) is 0.267. The second kappa shape index (κ2) is 7.73. The average molecular weight is 339 g/mol. The topological polar surface area (TPSA) is 76.0 Å². The molecule has 2 N–H and O–H groups in total. The van der Waals surface area contributed by atoms with E-state index in [9.17, 15) is 14.0 Å². The van der Waals surface area contributed by atoms with Crippen molar-refractivity contribution in [3.63, 3.8) is 0 Å². The molecule has 0 saturated heterocycles. The SMILES string of the molecule is CCC(=O)NCC(=O)Nc1ccnn1Cc1ccc(Cl)c(F)c1. The first-order valence-electron chi connectivity index (χ1n) is 7.02. The molecule has 122 valence electrons. The Balaban J connectivity index is 2.00. The third-order valence-electron chi connectivity index (χ3n) is 3.07. The molecule has 2 rings (SSSR count). The van der Waals surface area contributed by atoms with E-state index in [4.69, 9.17) is 11.6 Å². The first kappa shape index (κ1) is 17.0. The predicted octanol–water partition coefficient (Wildman–Crippen LogP) is 2.19. The summed E-state index contributed by atoms with van der Waals surface area (Å²) in [7, 11) is 0. The lowest BCUT2D eigenvalue weighted by Crippen LogP contribution is -2.32. The number of carbonyl (C=O) groups is 2. The average Bonchev–Trinajstić information content (AvgIpc) is 2.95. The Hall–Kier alpha value is -2.41. The maximum absolute atomic E-state index is 13.5. The lowest BCUT2D eigenvalue weighted by molar-refractivity contribution is -0.123. The van der Waals surface area contributed by atoms with Gasteiger partial charge in [0.15, 0.2) is 0 Å². The van der Waals surface area contributed by atoms with Gasteiger partial charge in [0.05, 0.1) is 24.3 Å². The Bertz CT molecular complexity index is 717. The zero-order valence-electron chi connectivity index (χ0n) is 12.5. The molecular weight excluding hydrogens is 323 g/mol. The molecule has 1 aromatic carbocycles. The van der Waals surface area contributed by atoms with Gasteiger partial charge in [0.2, 0.25) is 11.8 Å². The van der Waals surface area contributed by atoms with Crippen LogP contribution in [0.4, 0.5) is 10.2 Å². The van der Waals surface area contributed by atoms with Crippen molar-refractivity contribution in [3.05, 3.63) is 46.9 Å². The molecule has 8 heteroatoms. The van der Waals surface area contributed by atoms with Crippen molar-refractivity contribution in [2.24, 2.45) is 0 Å². The summed E-state index contributed by atoms with van der Waals surface area (Å²) in [4.78, 5) is 22.9. The van der Waals surface area contributed by atoms with E-state index in [2.05, 4.69) is 15.7 Å². The monoisotopic (exact) mass is 338 g/mol. The van der Waals surface area contributed by atoms with Crippen LogP contribution in [0.2, 0.25) is 5.02 Å². The molecule has 0 aliphatic rings. The van der Waals surface area contributed by atoms with E-state index in [-0.39, 0.29) is 29.9 Å². The van der Waals surface area contributed by atoms with Crippen LogP contribution in [-0.2, 0) is 16.1 Å². The van der Waals surface area contributed by atoms with E-state index >= 15 is 0 Å². The largest absolute Gasteiger partial charge is 0.347 e. The molecule has 2 aromatic rings. The van der Waals surface area contributed by atoms with Crippen molar-refractivity contribution >= 4 is 29.2 Å². The summed E-state index contributed by atoms with van der Waals surface area (Å²) in [6, 6.07) is 6.08. The van der Waals surface area contributed by atoms with Gasteiger partial charge < -0.3 is 10.6 Å². The highest BCUT2D eigenvalue weighted by Crippen LogP contribution is 2.17. The van der Waals surface area contributed by atoms with Gasteiger partial charge in [0.25, 0.3) is 0 Å². The lowest BCUT2D eigenvalue weighted by Gasteiger charge is -2.10. The van der Waals surface area contributed by atoms with Gasteiger partial charge in [0, 0.05) is 12.5 Å². The zero-order chi connectivity index (χ0) is 16.8. The molecule has 1 heterocycles. The molecular formula is C15H16ClFN4O2. The van der Waals surface area contributed by atoms with E-state index in [0.29, 0.717) is 17.8 Å². The lowest BCUT2D eigenvalue weighted by atomic mass is 10.2. The van der Waals surface area contributed by atoms with Crippen LogP contribution in [0.3, 0.4) is 0 Å². The molecule has 2 amide bonds. The van der Waals surface area contributed by atoms with E-state index in [0.717, 1.165) is 0 Å². The van der Waals surface area contributed by atoms with Crippen LogP contribution >= 0.6 is 11.6 Å². The van der Waals surface area contributed by atoms with Gasteiger partial charge in [-0.05, 0) is 17.7 Å². The second-order valence-electron chi connectivity index (χ2n) is 4.80. The molecule has 6 nitrogen and oxygen atoms in total. The first-order chi connectivity index (χ1) is 11.0. The van der Waals surface area contributed by atoms with Crippen LogP contribution in [0.5, 0.6) is 0 Å². The van der Waals surface area contributed by atoms with Crippen LogP contribution < -0.4 is 10.6 Å². The molecule has 0 aliphatic heterocycles. The minimum Gasteiger partial charge on any atom is -0.347 e. The summed E-state index contributed by atoms with van der Waals surface area (Å²) in [5, 5.41) is 9.26. The van der Waals surface area contributed by atoms with Crippen molar-refractivity contribution in [2.75, 3.05) is 11.9 Å². The third-order valence-corrected chi connectivity index (χ3v) is 3.37. The molecule has 0 fully saturated rings. The maximum atomic E-state index is 13.5. The molecule has 0 atom stereocenters. The summed E-state index contributed by atoms with van der Waals surface area (Å²) < 4.78 is 15.0. The summed E-state index contributed by atoms with van der Waals surface area (Å²) in [6.45, 7) is 1.86. The van der Waals surface area contributed by atoms with Gasteiger partial charge in [-0.2, -0.15) is 5.10 Å². The first-order valence-corrected chi connectivity index (χ1v) is 7.39. The number of carbonyl (C=O) groups excluding carboxylic acids is 2. The van der Waals surface area contributed by atoms with Crippen molar-refractivity contribution in [1.29, 1.82) is 0 Å². The second-order valence-corrected chi connectivity index (χ2v) is 5.21. The van der Waals surface area contributed by atoms with Gasteiger partial charge >= 0.3 is 0 Å². The van der Waals surface area contributed by atoms with Crippen LogP contribution in [0, 0.1) is 5.82 Å². The summed E-state index contributed by atoms with van der Waals surface area (Å²) in [5.74, 6) is -0.624. The molecule has 1 aromatic heterocycles. The van der Waals surface area contributed by atoms with Gasteiger partial charge in [-0.25, -0.2) is 9.07 Å². The minimum absolute atomic E-state index is 0.0504. The standard InChI is InChI=1S/C15H16ClFN4O2/c1-2-14(22)18-8-15(23)20-13-5-6-19-21(13)9-10-3-4-11(16)12(17)7-10/h3-7H,2,8-9H2,1H3,(H,18,22)(H,20,23). The molecule has 0 radical (unpaired) electrons. The number of amides is 2. The fourth-order valence-electron chi connectivity index (χ4n) is 1.87. The van der Waals surface area contributed by atoms with Crippen molar-refractivity contribution in [3.8, 4) is 0 Å². The number of aromatic nitrogens is 2. The predicted molar refractivity (Wildman–Crippen MR) is 84.7 cm³/mol. The minimum atomic E-state index is -0.510. The number of hydrogen-bond acceptors (Lipinski definition) is 3. The van der Waals surface area contributed by atoms with E-state index in [1.165, 1.54) is 23.0 Å². The van der Waals surface area contributed by atoms with Gasteiger partial charge in [-0.1, -0.05) is 24.6 Å². The molecule has 0 unspecified atom stereocenters. The number of benzene rings is 1. The molecule has 0 spiro atoms. The quantitative estimate of drug-likeness (QED) is 0.847. The van der Waals surface area contributed by atoms with Crippen LogP contribution in [0.1, 0.15) is 18.9 Å². The smallest absolute Gasteiger partial charge is 0.244 e. The molecule has 0 saturated carbocycles. The number of halogens is 2. The van der Waals surface area contributed by atoms with Gasteiger partial charge in [-0.3, -0.25) is 9.59 Å². The number of anilines is 1. The number of hydrogen-bond donors (Lipinski definition) is 2. The van der Waals surface area contributed by atoms with Crippen LogP contribution in [0.15, 0.2) is 30.5 Å². The van der Waals surface area contributed by atoms with E-state index in [1.807, 2.05) is 0 Å². The Morgan fingerprint density at radius 2 is 2.09 bits per heavy atom. The van der Waals surface area contributed by atoms with Crippen molar-refractivity contribution < 1.29 is 14.0 Å². The van der Waals surface area contributed by atoms with E-state index < -0.39 is 5.82 Å². The molecule has 0 aliphatic carbocycles. The maximum Gasteiger partial charge on any atom is 0.244 e. The highest BCUT2D eigenvalue weighted by Gasteiger charge is 2.09. The number of nitrogens with one attached hydrogen (secondary N) is 2. The summed E-state index contributed by atoms with van der Waals surface area (Å²) in [6.07, 6.45) is 1.83. The Morgan fingerprint density at radius 3 is 2.78 bits per heavy atom. The Labute approximate surface area is 137 Å². The fourth-order valence-corrected chi connectivity index (χ4v) is 1.98. The van der Waals surface area contributed by atoms with Crippen LogP contribution in [0.25, 0.3) is 0 Å². The normalized spacial score (nSPS) is 10.4. The Morgan fingerprint density at radius 1 is 1.30 bits per heavy atom. The highest BCUT2D eigenvalue weighted by molar-refractivity contribution is 6.30. The number of rotatable bonds is 6. The van der Waals surface area contributed by atoms with Crippen molar-refractivity contribution in [1.82, 2.24) is 15.1 Å². The van der Waals surface area contributed by atoms with E-state index in [1.54, 1.807) is 19.1 Å². The Kier molecular flexibility index (Phi) is 5.70. The van der Waals surface area contributed by atoms with Crippen LogP contribution in [-0.4, -0.2) is 28.1 Å². The summed E-state index contributed by atoms with van der Waals surface area (Å²) in [5.41, 5.74) is 0.658. The summed E-state index contributed by atoms with van der Waals surface area (Å²) >= 11 is 5.65. The molecule has 0 bridgehead atoms. The molecule has 23 heavy (non-hydrogen) atoms. The number of nitrogens with zero attached hydrogens (tertiary/aromatic N) is 2. The highest BCUT2D eigenvalue weighted by atomic mass is 35.5.